The van der Waals surface area contributed by atoms with Crippen molar-refractivity contribution in [1.82, 2.24) is 10.2 Å². The van der Waals surface area contributed by atoms with E-state index >= 15 is 0 Å². The van der Waals surface area contributed by atoms with Gasteiger partial charge in [0.2, 0.25) is 0 Å². The molecule has 0 aliphatic carbocycles. The van der Waals surface area contributed by atoms with Crippen molar-refractivity contribution in [3.05, 3.63) is 53.0 Å². The average Bonchev–Trinajstić information content (AvgIpc) is 3.22. The Labute approximate surface area is 203 Å². The fraction of sp³-hybridized carbons (Fsp3) is 0.348. The van der Waals surface area contributed by atoms with Gasteiger partial charge in [0.1, 0.15) is 21.5 Å². The summed E-state index contributed by atoms with van der Waals surface area (Å²) in [6, 6.07) is 11.2. The van der Waals surface area contributed by atoms with Gasteiger partial charge in [0.15, 0.2) is 5.60 Å². The number of ether oxygens (including phenoxy) is 3. The second-order valence-electron chi connectivity index (χ2n) is 7.62. The van der Waals surface area contributed by atoms with Gasteiger partial charge in [0, 0.05) is 10.5 Å². The van der Waals surface area contributed by atoms with Crippen LogP contribution in [-0.2, 0) is 15.3 Å². The molecule has 0 N–H and O–H groups in total. The van der Waals surface area contributed by atoms with Crippen LogP contribution in [0.1, 0.15) is 31.3 Å². The van der Waals surface area contributed by atoms with Gasteiger partial charge in [-0.2, -0.15) is 0 Å². The number of aryl methyl sites for hydroxylation is 1. The third-order valence-corrected chi connectivity index (χ3v) is 6.60. The van der Waals surface area contributed by atoms with Crippen molar-refractivity contribution in [3.8, 4) is 22.1 Å². The molecule has 6 nitrogen and oxygen atoms in total. The summed E-state index contributed by atoms with van der Waals surface area (Å²) in [5, 5.41) is 9.69. The first kappa shape index (κ1) is 25.8. The predicted molar refractivity (Wildman–Crippen MR) is 124 cm³/mol. The lowest BCUT2D eigenvalue weighted by Gasteiger charge is -2.25. The molecule has 11 heteroatoms. The lowest BCUT2D eigenvalue weighted by atomic mass is 10.1. The lowest BCUT2D eigenvalue weighted by Crippen LogP contribution is -2.39. The molecule has 0 unspecified atom stereocenters. The van der Waals surface area contributed by atoms with Crippen molar-refractivity contribution in [2.24, 2.45) is 0 Å². The molecule has 0 spiro atoms. The van der Waals surface area contributed by atoms with Gasteiger partial charge in [-0.05, 0) is 75.7 Å². The van der Waals surface area contributed by atoms with Crippen molar-refractivity contribution < 1.29 is 32.2 Å². The fourth-order valence-corrected chi connectivity index (χ4v) is 4.65. The van der Waals surface area contributed by atoms with Crippen LogP contribution < -0.4 is 9.47 Å². The van der Waals surface area contributed by atoms with Crippen LogP contribution in [0.25, 0.3) is 10.6 Å². The van der Waals surface area contributed by atoms with Crippen molar-refractivity contribution in [1.29, 1.82) is 0 Å². The first-order valence-electron chi connectivity index (χ1n) is 10.2. The minimum Gasteiger partial charge on any atom is -0.476 e. The maximum absolute atomic E-state index is 12.3. The van der Waals surface area contributed by atoms with Gasteiger partial charge in [0.25, 0.3) is 0 Å². The van der Waals surface area contributed by atoms with Crippen LogP contribution in [0.2, 0.25) is 0 Å². The molecule has 0 atom stereocenters. The molecular formula is C23H23F3N2O4S2. The standard InChI is InChI=1S/C23H23F3N2O4S2/c1-5-30-21(29)22(3,4)32-18-11-10-17(12-14(18)2)33-13-19-27-28-20(34-19)15-6-8-16(9-7-15)31-23(24,25)26/h6-12H,5,13H2,1-4H3. The first-order valence-corrected chi connectivity index (χ1v) is 12.1. The summed E-state index contributed by atoms with van der Waals surface area (Å²) < 4.78 is 51.7. The third-order valence-electron chi connectivity index (χ3n) is 4.44. The number of esters is 1. The van der Waals surface area contributed by atoms with Crippen LogP contribution in [0.3, 0.4) is 0 Å². The molecule has 182 valence electrons. The van der Waals surface area contributed by atoms with Crippen molar-refractivity contribution in [3.63, 3.8) is 0 Å². The van der Waals surface area contributed by atoms with E-state index in [2.05, 4.69) is 14.9 Å². The monoisotopic (exact) mass is 512 g/mol. The smallest absolute Gasteiger partial charge is 0.476 e. The molecular weight excluding hydrogens is 489 g/mol. The zero-order valence-corrected chi connectivity index (χ0v) is 20.6. The molecule has 1 heterocycles. The normalized spacial score (nSPS) is 11.9. The Morgan fingerprint density at radius 2 is 1.76 bits per heavy atom. The number of aromatic nitrogens is 2. The van der Waals surface area contributed by atoms with Crippen LogP contribution in [-0.4, -0.2) is 34.7 Å². The number of rotatable bonds is 9. The van der Waals surface area contributed by atoms with Crippen LogP contribution in [0.4, 0.5) is 13.2 Å². The van der Waals surface area contributed by atoms with Crippen LogP contribution in [0.15, 0.2) is 47.4 Å². The summed E-state index contributed by atoms with van der Waals surface area (Å²) in [6.45, 7) is 7.25. The van der Waals surface area contributed by atoms with Gasteiger partial charge in [-0.3, -0.25) is 0 Å². The van der Waals surface area contributed by atoms with E-state index in [0.29, 0.717) is 22.1 Å². The Morgan fingerprint density at radius 3 is 2.38 bits per heavy atom. The second kappa shape index (κ2) is 10.6. The van der Waals surface area contributed by atoms with E-state index in [1.54, 1.807) is 32.5 Å². The van der Waals surface area contributed by atoms with E-state index in [0.717, 1.165) is 15.5 Å². The number of nitrogens with zero attached hydrogens (tertiary/aromatic N) is 2. The molecule has 0 aliphatic heterocycles. The molecule has 0 bridgehead atoms. The number of carbonyl (C=O) groups excluding carboxylic acids is 1. The molecule has 0 saturated carbocycles. The Bertz CT molecular complexity index is 1130. The summed E-state index contributed by atoms with van der Waals surface area (Å²) in [5.41, 5.74) is 0.432. The van der Waals surface area contributed by atoms with E-state index in [-0.39, 0.29) is 12.4 Å². The summed E-state index contributed by atoms with van der Waals surface area (Å²) >= 11 is 2.93. The minimum absolute atomic E-state index is 0.283. The summed E-state index contributed by atoms with van der Waals surface area (Å²) in [4.78, 5) is 13.1. The Hall–Kier alpha value is -2.79. The molecule has 0 radical (unpaired) electrons. The van der Waals surface area contributed by atoms with Crippen LogP contribution >= 0.6 is 23.1 Å². The maximum atomic E-state index is 12.3. The van der Waals surface area contributed by atoms with Gasteiger partial charge in [-0.15, -0.1) is 35.1 Å². The zero-order valence-electron chi connectivity index (χ0n) is 18.9. The Kier molecular flexibility index (Phi) is 8.09. The summed E-state index contributed by atoms with van der Waals surface area (Å²) in [6.07, 6.45) is -4.73. The topological polar surface area (TPSA) is 70.5 Å². The summed E-state index contributed by atoms with van der Waals surface area (Å²) in [7, 11) is 0. The van der Waals surface area contributed by atoms with Gasteiger partial charge in [-0.1, -0.05) is 11.3 Å². The summed E-state index contributed by atoms with van der Waals surface area (Å²) in [5.74, 6) is 0.451. The van der Waals surface area contributed by atoms with E-state index in [1.165, 1.54) is 35.6 Å². The van der Waals surface area contributed by atoms with E-state index < -0.39 is 17.9 Å². The van der Waals surface area contributed by atoms with Gasteiger partial charge >= 0.3 is 12.3 Å². The SMILES string of the molecule is CCOC(=O)C(C)(C)Oc1ccc(SCc2nnc(-c3ccc(OC(F)(F)F)cc3)s2)cc1C. The van der Waals surface area contributed by atoms with E-state index in [9.17, 15) is 18.0 Å². The molecule has 3 rings (SSSR count). The average molecular weight is 513 g/mol. The Balaban J connectivity index is 1.60. The third kappa shape index (κ3) is 7.10. The van der Waals surface area contributed by atoms with Gasteiger partial charge in [0.05, 0.1) is 12.4 Å². The predicted octanol–water partition coefficient (Wildman–Crippen LogP) is 6.42. The first-order chi connectivity index (χ1) is 16.0. The minimum atomic E-state index is -4.73. The second-order valence-corrected chi connectivity index (χ2v) is 9.73. The molecule has 0 amide bonds. The molecule has 0 aliphatic rings. The number of benzene rings is 2. The van der Waals surface area contributed by atoms with E-state index in [1.807, 2.05) is 25.1 Å². The molecule has 1 aromatic heterocycles. The van der Waals surface area contributed by atoms with E-state index in [4.69, 9.17) is 9.47 Å². The maximum Gasteiger partial charge on any atom is 0.573 e. The highest BCUT2D eigenvalue weighted by Crippen LogP contribution is 2.33. The van der Waals surface area contributed by atoms with Gasteiger partial charge in [-0.25, -0.2) is 4.79 Å². The van der Waals surface area contributed by atoms with Crippen LogP contribution in [0, 0.1) is 6.92 Å². The number of carbonyl (C=O) groups is 1. The molecule has 3 aromatic rings. The van der Waals surface area contributed by atoms with Crippen molar-refractivity contribution >= 4 is 29.1 Å². The highest BCUT2D eigenvalue weighted by atomic mass is 32.2. The number of thioether (sulfide) groups is 1. The van der Waals surface area contributed by atoms with Crippen LogP contribution in [0.5, 0.6) is 11.5 Å². The van der Waals surface area contributed by atoms with Gasteiger partial charge < -0.3 is 14.2 Å². The quantitative estimate of drug-likeness (QED) is 0.242. The highest BCUT2D eigenvalue weighted by Gasteiger charge is 2.32. The zero-order chi connectivity index (χ0) is 24.9. The largest absolute Gasteiger partial charge is 0.573 e. The van der Waals surface area contributed by atoms with Crippen molar-refractivity contribution in [2.75, 3.05) is 6.61 Å². The molecule has 34 heavy (non-hydrogen) atoms. The lowest BCUT2D eigenvalue weighted by molar-refractivity contribution is -0.274. The fourth-order valence-electron chi connectivity index (χ4n) is 2.82. The highest BCUT2D eigenvalue weighted by molar-refractivity contribution is 7.98. The molecule has 0 fully saturated rings. The number of halogens is 3. The number of hydrogen-bond donors (Lipinski definition) is 0. The number of alkyl halides is 3. The molecule has 2 aromatic carbocycles. The Morgan fingerprint density at radius 1 is 1.06 bits per heavy atom. The molecule has 0 saturated heterocycles. The van der Waals surface area contributed by atoms with Crippen molar-refractivity contribution in [2.45, 2.75) is 50.3 Å². The number of hydrogen-bond acceptors (Lipinski definition) is 8.